The van der Waals surface area contributed by atoms with Crippen molar-refractivity contribution in [3.63, 3.8) is 0 Å². The van der Waals surface area contributed by atoms with Crippen molar-refractivity contribution in [2.24, 2.45) is 0 Å². The summed E-state index contributed by atoms with van der Waals surface area (Å²) in [6, 6.07) is 1.76. The Labute approximate surface area is 107 Å². The maximum absolute atomic E-state index is 12.0. The van der Waals surface area contributed by atoms with Crippen molar-refractivity contribution in [1.82, 2.24) is 4.98 Å². The summed E-state index contributed by atoms with van der Waals surface area (Å²) in [7, 11) is 0. The second-order valence-electron chi connectivity index (χ2n) is 4.44. The lowest BCUT2D eigenvalue weighted by Crippen LogP contribution is -2.09. The molecule has 0 bridgehead atoms. The predicted molar refractivity (Wildman–Crippen MR) is 67.9 cm³/mol. The predicted octanol–water partition coefficient (Wildman–Crippen LogP) is 2.62. The lowest BCUT2D eigenvalue weighted by Gasteiger charge is -2.08. The molecule has 2 heterocycles. The van der Waals surface area contributed by atoms with Crippen molar-refractivity contribution in [2.75, 3.05) is 13.2 Å². The number of ether oxygens (including phenoxy) is 2. The molecule has 18 heavy (non-hydrogen) atoms. The zero-order valence-electron chi connectivity index (χ0n) is 10.7. The Balaban J connectivity index is 1.89. The zero-order valence-corrected chi connectivity index (χ0v) is 10.7. The van der Waals surface area contributed by atoms with Gasteiger partial charge >= 0.3 is 0 Å². The fourth-order valence-corrected chi connectivity index (χ4v) is 2.13. The number of Topliss-reactive ketones (excluding diaryl/α,β-unsaturated/α-hetero) is 1. The standard InChI is InChI=1S/C14H19NO3/c1-2-17-13-8-11(9-15-10-13)14(16)6-5-12-4-3-7-18-12/h8-10,12H,2-7H2,1H3. The molecule has 1 aliphatic heterocycles. The van der Waals surface area contributed by atoms with Gasteiger partial charge in [0.05, 0.1) is 18.9 Å². The van der Waals surface area contributed by atoms with Gasteiger partial charge in [-0.15, -0.1) is 0 Å². The molecule has 2 rings (SSSR count). The van der Waals surface area contributed by atoms with E-state index >= 15 is 0 Å². The zero-order chi connectivity index (χ0) is 12.8. The highest BCUT2D eigenvalue weighted by Crippen LogP contribution is 2.19. The molecule has 0 spiro atoms. The Hall–Kier alpha value is -1.42. The third-order valence-electron chi connectivity index (χ3n) is 3.06. The summed E-state index contributed by atoms with van der Waals surface area (Å²) in [6.07, 6.45) is 6.99. The van der Waals surface area contributed by atoms with Crippen molar-refractivity contribution in [3.8, 4) is 5.75 Å². The van der Waals surface area contributed by atoms with Crippen LogP contribution >= 0.6 is 0 Å². The largest absolute Gasteiger partial charge is 0.492 e. The minimum absolute atomic E-state index is 0.111. The van der Waals surface area contributed by atoms with Crippen LogP contribution < -0.4 is 4.74 Å². The first kappa shape index (κ1) is 13.0. The number of nitrogens with zero attached hydrogens (tertiary/aromatic N) is 1. The van der Waals surface area contributed by atoms with E-state index in [2.05, 4.69) is 4.98 Å². The molecule has 4 nitrogen and oxygen atoms in total. The van der Waals surface area contributed by atoms with Gasteiger partial charge in [0, 0.05) is 24.8 Å². The van der Waals surface area contributed by atoms with E-state index in [0.29, 0.717) is 24.3 Å². The summed E-state index contributed by atoms with van der Waals surface area (Å²) >= 11 is 0. The van der Waals surface area contributed by atoms with Gasteiger partial charge in [-0.25, -0.2) is 0 Å². The van der Waals surface area contributed by atoms with Crippen molar-refractivity contribution >= 4 is 5.78 Å². The third kappa shape index (κ3) is 3.53. The van der Waals surface area contributed by atoms with Crippen molar-refractivity contribution in [1.29, 1.82) is 0 Å². The molecule has 4 heteroatoms. The Morgan fingerprint density at radius 3 is 3.17 bits per heavy atom. The fourth-order valence-electron chi connectivity index (χ4n) is 2.13. The molecule has 1 aromatic rings. The second kappa shape index (κ2) is 6.50. The molecule has 1 atom stereocenters. The van der Waals surface area contributed by atoms with Crippen LogP contribution in [0.4, 0.5) is 0 Å². The van der Waals surface area contributed by atoms with Gasteiger partial charge in [-0.3, -0.25) is 9.78 Å². The van der Waals surface area contributed by atoms with E-state index in [1.54, 1.807) is 18.5 Å². The van der Waals surface area contributed by atoms with Crippen LogP contribution in [0.3, 0.4) is 0 Å². The van der Waals surface area contributed by atoms with Crippen LogP contribution in [-0.4, -0.2) is 30.1 Å². The molecule has 0 N–H and O–H groups in total. The summed E-state index contributed by atoms with van der Waals surface area (Å²) in [6.45, 7) is 3.32. The van der Waals surface area contributed by atoms with E-state index < -0.39 is 0 Å². The van der Waals surface area contributed by atoms with E-state index in [1.807, 2.05) is 6.92 Å². The number of hydrogen-bond donors (Lipinski definition) is 0. The molecule has 1 aliphatic rings. The highest BCUT2D eigenvalue weighted by Gasteiger charge is 2.17. The molecule has 1 fully saturated rings. The number of aromatic nitrogens is 1. The van der Waals surface area contributed by atoms with Crippen LogP contribution in [0.25, 0.3) is 0 Å². The summed E-state index contributed by atoms with van der Waals surface area (Å²) in [5, 5.41) is 0. The number of hydrogen-bond acceptors (Lipinski definition) is 4. The molecule has 0 radical (unpaired) electrons. The summed E-state index contributed by atoms with van der Waals surface area (Å²) in [4.78, 5) is 16.0. The molecule has 1 saturated heterocycles. The maximum atomic E-state index is 12.0. The first-order valence-corrected chi connectivity index (χ1v) is 6.52. The highest BCUT2D eigenvalue weighted by molar-refractivity contribution is 5.96. The van der Waals surface area contributed by atoms with Crippen molar-refractivity contribution < 1.29 is 14.3 Å². The lowest BCUT2D eigenvalue weighted by molar-refractivity contribution is 0.0859. The Kier molecular flexibility index (Phi) is 4.70. The molecule has 1 aromatic heterocycles. The highest BCUT2D eigenvalue weighted by atomic mass is 16.5. The molecule has 0 saturated carbocycles. The van der Waals surface area contributed by atoms with Gasteiger partial charge < -0.3 is 9.47 Å². The Morgan fingerprint density at radius 2 is 2.44 bits per heavy atom. The molecular weight excluding hydrogens is 230 g/mol. The van der Waals surface area contributed by atoms with E-state index in [0.717, 1.165) is 25.9 Å². The van der Waals surface area contributed by atoms with E-state index in [9.17, 15) is 4.79 Å². The lowest BCUT2D eigenvalue weighted by atomic mass is 10.0. The first-order chi connectivity index (χ1) is 8.79. The quantitative estimate of drug-likeness (QED) is 0.727. The normalized spacial score (nSPS) is 18.8. The van der Waals surface area contributed by atoms with E-state index in [-0.39, 0.29) is 11.9 Å². The first-order valence-electron chi connectivity index (χ1n) is 6.52. The fraction of sp³-hybridized carbons (Fsp3) is 0.571. The summed E-state index contributed by atoms with van der Waals surface area (Å²) < 4.78 is 10.8. The number of ketones is 1. The van der Waals surface area contributed by atoms with Crippen LogP contribution in [0, 0.1) is 0 Å². The number of carbonyl (C=O) groups is 1. The van der Waals surface area contributed by atoms with E-state index in [1.165, 1.54) is 0 Å². The van der Waals surface area contributed by atoms with Crippen LogP contribution in [0.2, 0.25) is 0 Å². The molecule has 98 valence electrons. The second-order valence-corrected chi connectivity index (χ2v) is 4.44. The average molecular weight is 249 g/mol. The van der Waals surface area contributed by atoms with Gasteiger partial charge in [-0.2, -0.15) is 0 Å². The van der Waals surface area contributed by atoms with Crippen LogP contribution in [0.15, 0.2) is 18.5 Å². The monoisotopic (exact) mass is 249 g/mol. The van der Waals surface area contributed by atoms with Gasteiger partial charge in [0.15, 0.2) is 5.78 Å². The van der Waals surface area contributed by atoms with Crippen LogP contribution in [0.5, 0.6) is 5.75 Å². The van der Waals surface area contributed by atoms with Crippen LogP contribution in [0.1, 0.15) is 43.0 Å². The number of carbonyl (C=O) groups excluding carboxylic acids is 1. The Morgan fingerprint density at radius 1 is 1.56 bits per heavy atom. The molecule has 0 aromatic carbocycles. The minimum atomic E-state index is 0.111. The summed E-state index contributed by atoms with van der Waals surface area (Å²) in [5.41, 5.74) is 0.624. The third-order valence-corrected chi connectivity index (χ3v) is 3.06. The van der Waals surface area contributed by atoms with E-state index in [4.69, 9.17) is 9.47 Å². The molecule has 0 amide bonds. The van der Waals surface area contributed by atoms with Gasteiger partial charge in [0.2, 0.25) is 0 Å². The molecule has 0 aliphatic carbocycles. The molecular formula is C14H19NO3. The van der Waals surface area contributed by atoms with Crippen molar-refractivity contribution in [3.05, 3.63) is 24.0 Å². The number of rotatable bonds is 6. The van der Waals surface area contributed by atoms with Gasteiger partial charge in [-0.05, 0) is 32.3 Å². The minimum Gasteiger partial charge on any atom is -0.492 e. The van der Waals surface area contributed by atoms with Crippen molar-refractivity contribution in [2.45, 2.75) is 38.7 Å². The average Bonchev–Trinajstić information content (AvgIpc) is 2.90. The van der Waals surface area contributed by atoms with Crippen LogP contribution in [-0.2, 0) is 4.74 Å². The van der Waals surface area contributed by atoms with Gasteiger partial charge in [-0.1, -0.05) is 0 Å². The van der Waals surface area contributed by atoms with Gasteiger partial charge in [0.1, 0.15) is 5.75 Å². The topological polar surface area (TPSA) is 48.4 Å². The number of pyridine rings is 1. The summed E-state index contributed by atoms with van der Waals surface area (Å²) in [5.74, 6) is 0.764. The smallest absolute Gasteiger partial charge is 0.164 e. The molecule has 1 unspecified atom stereocenters. The van der Waals surface area contributed by atoms with Gasteiger partial charge in [0.25, 0.3) is 0 Å². The Bertz CT molecular complexity index is 400. The SMILES string of the molecule is CCOc1cncc(C(=O)CCC2CCCO2)c1. The maximum Gasteiger partial charge on any atom is 0.164 e.